The maximum absolute atomic E-state index is 5.85. The minimum Gasteiger partial charge on any atom is -0.397 e. The van der Waals surface area contributed by atoms with Crippen LogP contribution in [0.3, 0.4) is 0 Å². The van der Waals surface area contributed by atoms with Crippen LogP contribution in [-0.4, -0.2) is 12.4 Å². The van der Waals surface area contributed by atoms with Crippen LogP contribution in [0.1, 0.15) is 25.8 Å². The van der Waals surface area contributed by atoms with Gasteiger partial charge in [0.1, 0.15) is 5.84 Å². The predicted molar refractivity (Wildman–Crippen MR) is 77.6 cm³/mol. The second kappa shape index (κ2) is 7.01. The molecule has 5 heteroatoms. The molecule has 1 aromatic carbocycles. The number of aliphatic imine (C=N–C) groups is 1. The number of benzene rings is 1. The average Bonchev–Trinajstić information content (AvgIpc) is 2.21. The van der Waals surface area contributed by atoms with Crippen molar-refractivity contribution in [2.45, 2.75) is 20.3 Å². The number of anilines is 2. The highest BCUT2D eigenvalue weighted by atomic mass is 35.5. The lowest BCUT2D eigenvalue weighted by molar-refractivity contribution is 0.597. The van der Waals surface area contributed by atoms with E-state index in [1.165, 1.54) is 0 Å². The normalized spacial score (nSPS) is 11.4. The summed E-state index contributed by atoms with van der Waals surface area (Å²) in [4.78, 5) is 4.30. The third-order valence-electron chi connectivity index (χ3n) is 2.37. The van der Waals surface area contributed by atoms with Gasteiger partial charge in [-0.1, -0.05) is 13.8 Å². The van der Waals surface area contributed by atoms with Gasteiger partial charge in [-0.15, -0.1) is 12.4 Å². The van der Waals surface area contributed by atoms with Gasteiger partial charge in [-0.3, -0.25) is 4.99 Å². The zero-order valence-corrected chi connectivity index (χ0v) is 11.1. The largest absolute Gasteiger partial charge is 0.397 e. The van der Waals surface area contributed by atoms with Gasteiger partial charge >= 0.3 is 0 Å². The van der Waals surface area contributed by atoms with Crippen molar-refractivity contribution in [2.24, 2.45) is 16.6 Å². The van der Waals surface area contributed by atoms with Crippen LogP contribution in [-0.2, 0) is 0 Å². The molecular formula is C12H21ClN4. The molecule has 0 amide bonds. The molecule has 0 saturated heterocycles. The van der Waals surface area contributed by atoms with Gasteiger partial charge in [-0.2, -0.15) is 0 Å². The minimum atomic E-state index is 0. The topological polar surface area (TPSA) is 90.4 Å². The Morgan fingerprint density at radius 2 is 1.88 bits per heavy atom. The van der Waals surface area contributed by atoms with Crippen LogP contribution in [0, 0.1) is 5.92 Å². The van der Waals surface area contributed by atoms with Gasteiger partial charge in [0.05, 0.1) is 11.4 Å². The minimum absolute atomic E-state index is 0. The van der Waals surface area contributed by atoms with Crippen LogP contribution in [0.15, 0.2) is 23.2 Å². The summed E-state index contributed by atoms with van der Waals surface area (Å²) in [6.07, 6.45) is 1.03. The first-order valence-corrected chi connectivity index (χ1v) is 5.46. The summed E-state index contributed by atoms with van der Waals surface area (Å²) < 4.78 is 0. The van der Waals surface area contributed by atoms with E-state index in [2.05, 4.69) is 18.8 Å². The number of hydrogen-bond acceptors (Lipinski definition) is 3. The van der Waals surface area contributed by atoms with Crippen molar-refractivity contribution in [2.75, 3.05) is 18.0 Å². The van der Waals surface area contributed by atoms with E-state index in [-0.39, 0.29) is 12.4 Å². The number of hydrogen-bond donors (Lipinski definition) is 3. The first kappa shape index (κ1) is 15.6. The van der Waals surface area contributed by atoms with Gasteiger partial charge in [0.25, 0.3) is 0 Å². The molecule has 96 valence electrons. The molecule has 0 saturated carbocycles. The van der Waals surface area contributed by atoms with Gasteiger partial charge in [0.15, 0.2) is 0 Å². The zero-order valence-electron chi connectivity index (χ0n) is 10.3. The van der Waals surface area contributed by atoms with Crippen LogP contribution in [0.5, 0.6) is 0 Å². The van der Waals surface area contributed by atoms with Gasteiger partial charge in [0.2, 0.25) is 0 Å². The maximum Gasteiger partial charge on any atom is 0.125 e. The highest BCUT2D eigenvalue weighted by molar-refractivity contribution is 5.98. The van der Waals surface area contributed by atoms with E-state index in [4.69, 9.17) is 17.2 Å². The molecule has 4 nitrogen and oxygen atoms in total. The summed E-state index contributed by atoms with van der Waals surface area (Å²) in [6.45, 7) is 5.06. The molecule has 0 aliphatic carbocycles. The Balaban J connectivity index is 0.00000256. The molecule has 0 unspecified atom stereocenters. The average molecular weight is 257 g/mol. The standard InChI is InChI=1S/C12H20N4.ClH/c1-8(2)5-6-16-12(15)9-3-4-10(13)11(14)7-9;/h3-4,7-8H,5-6,13-14H2,1-2H3,(H2,15,16);1H. The fourth-order valence-corrected chi connectivity index (χ4v) is 1.27. The van der Waals surface area contributed by atoms with Crippen LogP contribution in [0.25, 0.3) is 0 Å². The van der Waals surface area contributed by atoms with Gasteiger partial charge in [-0.05, 0) is 30.5 Å². The second-order valence-electron chi connectivity index (χ2n) is 4.29. The van der Waals surface area contributed by atoms with Crippen LogP contribution in [0.4, 0.5) is 11.4 Å². The Morgan fingerprint density at radius 1 is 1.24 bits per heavy atom. The second-order valence-corrected chi connectivity index (χ2v) is 4.29. The molecule has 0 aromatic heterocycles. The quantitative estimate of drug-likeness (QED) is 0.437. The summed E-state index contributed by atoms with van der Waals surface area (Å²) in [5.74, 6) is 1.15. The first-order valence-electron chi connectivity index (χ1n) is 5.46. The number of nitrogens with zero attached hydrogens (tertiary/aromatic N) is 1. The van der Waals surface area contributed by atoms with Gasteiger partial charge in [-0.25, -0.2) is 0 Å². The summed E-state index contributed by atoms with van der Waals surface area (Å²) in [5, 5.41) is 0. The van der Waals surface area contributed by atoms with Crippen LogP contribution < -0.4 is 17.2 Å². The Hall–Kier alpha value is -1.42. The number of nitrogens with two attached hydrogens (primary N) is 3. The van der Waals surface area contributed by atoms with Crippen molar-refractivity contribution < 1.29 is 0 Å². The maximum atomic E-state index is 5.85. The van der Waals surface area contributed by atoms with Crippen LogP contribution in [0.2, 0.25) is 0 Å². The zero-order chi connectivity index (χ0) is 12.1. The molecule has 0 spiro atoms. The Bertz CT molecular complexity index is 388. The van der Waals surface area contributed by atoms with Crippen molar-refractivity contribution in [3.63, 3.8) is 0 Å². The van der Waals surface area contributed by atoms with E-state index in [0.717, 1.165) is 18.5 Å². The summed E-state index contributed by atoms with van der Waals surface area (Å²) in [6, 6.07) is 5.33. The number of rotatable bonds is 4. The number of halogens is 1. The Morgan fingerprint density at radius 3 is 2.41 bits per heavy atom. The Labute approximate surface area is 109 Å². The van der Waals surface area contributed by atoms with Crippen molar-refractivity contribution in [3.8, 4) is 0 Å². The number of nitrogen functional groups attached to an aromatic ring is 2. The Kier molecular flexibility index (Phi) is 6.43. The van der Waals surface area contributed by atoms with E-state index < -0.39 is 0 Å². The SMILES string of the molecule is CC(C)CCN=C(N)c1ccc(N)c(N)c1.Cl. The highest BCUT2D eigenvalue weighted by Crippen LogP contribution is 2.15. The molecule has 0 radical (unpaired) electrons. The molecule has 0 fully saturated rings. The third kappa shape index (κ3) is 4.95. The fraction of sp³-hybridized carbons (Fsp3) is 0.417. The van der Waals surface area contributed by atoms with Crippen molar-refractivity contribution >= 4 is 29.6 Å². The smallest absolute Gasteiger partial charge is 0.125 e. The summed E-state index contributed by atoms with van der Waals surface area (Å²) in [7, 11) is 0. The lowest BCUT2D eigenvalue weighted by Crippen LogP contribution is -2.15. The lowest BCUT2D eigenvalue weighted by atomic mass is 10.1. The van der Waals surface area contributed by atoms with Gasteiger partial charge < -0.3 is 17.2 Å². The van der Waals surface area contributed by atoms with E-state index >= 15 is 0 Å². The molecule has 1 rings (SSSR count). The van der Waals surface area contributed by atoms with E-state index in [1.54, 1.807) is 12.1 Å². The molecule has 0 aliphatic heterocycles. The third-order valence-corrected chi connectivity index (χ3v) is 2.37. The number of amidine groups is 1. The van der Waals surface area contributed by atoms with E-state index in [0.29, 0.717) is 23.1 Å². The summed E-state index contributed by atoms with van der Waals surface area (Å²) >= 11 is 0. The first-order chi connectivity index (χ1) is 7.50. The molecule has 17 heavy (non-hydrogen) atoms. The monoisotopic (exact) mass is 256 g/mol. The molecule has 0 atom stereocenters. The summed E-state index contributed by atoms with van der Waals surface area (Å²) in [5.41, 5.74) is 19.1. The molecular weight excluding hydrogens is 236 g/mol. The van der Waals surface area contributed by atoms with E-state index in [1.807, 2.05) is 6.07 Å². The van der Waals surface area contributed by atoms with Crippen molar-refractivity contribution in [3.05, 3.63) is 23.8 Å². The fourth-order valence-electron chi connectivity index (χ4n) is 1.27. The lowest BCUT2D eigenvalue weighted by Gasteiger charge is -2.05. The molecule has 0 bridgehead atoms. The molecule has 0 heterocycles. The highest BCUT2D eigenvalue weighted by Gasteiger charge is 2.01. The van der Waals surface area contributed by atoms with Crippen LogP contribution >= 0.6 is 12.4 Å². The molecule has 1 aromatic rings. The predicted octanol–water partition coefficient (Wildman–Crippen LogP) is 2.02. The van der Waals surface area contributed by atoms with Crippen molar-refractivity contribution in [1.82, 2.24) is 0 Å². The molecule has 0 aliphatic rings. The van der Waals surface area contributed by atoms with Crippen molar-refractivity contribution in [1.29, 1.82) is 0 Å². The van der Waals surface area contributed by atoms with Gasteiger partial charge in [0, 0.05) is 12.1 Å². The molecule has 6 N–H and O–H groups in total. The van der Waals surface area contributed by atoms with E-state index in [9.17, 15) is 0 Å².